The standard InChI is InChI=1S/C5H11N5/c1-5(2,3)6-4-7-9-10-8-4/h1-3H3,(H2,6,7,8,9,10). The Morgan fingerprint density at radius 2 is 2.10 bits per heavy atom. The maximum Gasteiger partial charge on any atom is 0.240 e. The SMILES string of the molecule is CC(C)(C)Nc1nnn[nH]1. The molecule has 2 N–H and O–H groups in total. The van der Waals surface area contributed by atoms with E-state index in [1.54, 1.807) is 0 Å². The van der Waals surface area contributed by atoms with Gasteiger partial charge in [0.2, 0.25) is 5.95 Å². The Hall–Kier alpha value is -1.13. The zero-order valence-electron chi connectivity index (χ0n) is 6.34. The summed E-state index contributed by atoms with van der Waals surface area (Å²) in [5.74, 6) is 0.604. The van der Waals surface area contributed by atoms with Gasteiger partial charge in [0, 0.05) is 5.54 Å². The topological polar surface area (TPSA) is 66.5 Å². The molecule has 0 aliphatic rings. The molecule has 10 heavy (non-hydrogen) atoms. The number of tetrazole rings is 1. The van der Waals surface area contributed by atoms with Crippen molar-refractivity contribution in [3.63, 3.8) is 0 Å². The van der Waals surface area contributed by atoms with Crippen LogP contribution in [0.5, 0.6) is 0 Å². The molecular formula is C5H11N5. The summed E-state index contributed by atoms with van der Waals surface area (Å²) in [6.45, 7) is 6.11. The van der Waals surface area contributed by atoms with Crippen molar-refractivity contribution in [2.24, 2.45) is 0 Å². The van der Waals surface area contributed by atoms with Gasteiger partial charge >= 0.3 is 0 Å². The first-order chi connectivity index (χ1) is 4.58. The van der Waals surface area contributed by atoms with E-state index in [1.165, 1.54) is 0 Å². The zero-order chi connectivity index (χ0) is 7.61. The molecule has 0 saturated heterocycles. The minimum Gasteiger partial charge on any atom is -0.349 e. The second-order valence-corrected chi connectivity index (χ2v) is 3.12. The summed E-state index contributed by atoms with van der Waals surface area (Å²) in [5, 5.41) is 16.2. The number of aromatic nitrogens is 4. The molecule has 0 aliphatic carbocycles. The smallest absolute Gasteiger partial charge is 0.240 e. The largest absolute Gasteiger partial charge is 0.349 e. The quantitative estimate of drug-likeness (QED) is 0.594. The molecular weight excluding hydrogens is 130 g/mol. The number of rotatable bonds is 1. The summed E-state index contributed by atoms with van der Waals surface area (Å²) in [5.41, 5.74) is 0.00120. The van der Waals surface area contributed by atoms with E-state index in [0.717, 1.165) is 0 Å². The number of hydrogen-bond donors (Lipinski definition) is 2. The average Bonchev–Trinajstić information content (AvgIpc) is 2.12. The molecule has 0 fully saturated rings. The van der Waals surface area contributed by atoms with Gasteiger partial charge in [-0.1, -0.05) is 5.10 Å². The van der Waals surface area contributed by atoms with Gasteiger partial charge < -0.3 is 5.32 Å². The number of aromatic amines is 1. The van der Waals surface area contributed by atoms with Crippen LogP contribution in [-0.4, -0.2) is 26.2 Å². The molecule has 1 aromatic rings. The van der Waals surface area contributed by atoms with E-state index >= 15 is 0 Å². The number of nitrogens with one attached hydrogen (secondary N) is 2. The van der Waals surface area contributed by atoms with E-state index in [0.29, 0.717) is 5.95 Å². The van der Waals surface area contributed by atoms with Crippen molar-refractivity contribution < 1.29 is 0 Å². The van der Waals surface area contributed by atoms with Gasteiger partial charge in [-0.25, -0.2) is 5.10 Å². The summed E-state index contributed by atoms with van der Waals surface area (Å²) in [6, 6.07) is 0. The van der Waals surface area contributed by atoms with Crippen LogP contribution in [0.2, 0.25) is 0 Å². The fourth-order valence-electron chi connectivity index (χ4n) is 0.567. The minimum absolute atomic E-state index is 0.00120. The Morgan fingerprint density at radius 1 is 1.40 bits per heavy atom. The van der Waals surface area contributed by atoms with Crippen LogP contribution in [-0.2, 0) is 0 Å². The molecule has 0 saturated carbocycles. The highest BCUT2D eigenvalue weighted by Crippen LogP contribution is 2.06. The Morgan fingerprint density at radius 3 is 2.50 bits per heavy atom. The third-order valence-corrected chi connectivity index (χ3v) is 0.839. The van der Waals surface area contributed by atoms with Gasteiger partial charge in [-0.05, 0) is 31.2 Å². The number of hydrogen-bond acceptors (Lipinski definition) is 4. The molecule has 5 heteroatoms. The molecule has 0 bridgehead atoms. The molecule has 0 unspecified atom stereocenters. The zero-order valence-corrected chi connectivity index (χ0v) is 6.34. The lowest BCUT2D eigenvalue weighted by Gasteiger charge is -2.18. The summed E-state index contributed by atoms with van der Waals surface area (Å²) in [7, 11) is 0. The van der Waals surface area contributed by atoms with Crippen LogP contribution in [0.1, 0.15) is 20.8 Å². The van der Waals surface area contributed by atoms with Crippen LogP contribution < -0.4 is 5.32 Å². The fraction of sp³-hybridized carbons (Fsp3) is 0.800. The van der Waals surface area contributed by atoms with E-state index in [2.05, 4.69) is 25.9 Å². The molecule has 1 heterocycles. The molecule has 1 aromatic heterocycles. The highest BCUT2D eigenvalue weighted by Gasteiger charge is 2.10. The van der Waals surface area contributed by atoms with Gasteiger partial charge in [-0.3, -0.25) is 0 Å². The monoisotopic (exact) mass is 141 g/mol. The van der Waals surface area contributed by atoms with Crippen LogP contribution in [0, 0.1) is 0 Å². The van der Waals surface area contributed by atoms with E-state index in [4.69, 9.17) is 0 Å². The van der Waals surface area contributed by atoms with Gasteiger partial charge in [-0.15, -0.1) is 0 Å². The normalized spacial score (nSPS) is 11.5. The number of nitrogens with zero attached hydrogens (tertiary/aromatic N) is 3. The maximum atomic E-state index is 3.67. The highest BCUT2D eigenvalue weighted by molar-refractivity contribution is 5.23. The van der Waals surface area contributed by atoms with Crippen LogP contribution >= 0.6 is 0 Å². The third kappa shape index (κ3) is 2.00. The van der Waals surface area contributed by atoms with Crippen molar-refractivity contribution in [3.05, 3.63) is 0 Å². The summed E-state index contributed by atoms with van der Waals surface area (Å²) in [6.07, 6.45) is 0. The van der Waals surface area contributed by atoms with E-state index < -0.39 is 0 Å². The van der Waals surface area contributed by atoms with Crippen LogP contribution in [0.3, 0.4) is 0 Å². The highest BCUT2D eigenvalue weighted by atomic mass is 15.5. The van der Waals surface area contributed by atoms with Crippen molar-refractivity contribution >= 4 is 5.95 Å². The Kier molecular flexibility index (Phi) is 1.57. The Bertz CT molecular complexity index is 184. The van der Waals surface area contributed by atoms with Gasteiger partial charge in [0.15, 0.2) is 0 Å². The van der Waals surface area contributed by atoms with Crippen molar-refractivity contribution in [3.8, 4) is 0 Å². The third-order valence-electron chi connectivity index (χ3n) is 0.839. The lowest BCUT2D eigenvalue weighted by Crippen LogP contribution is -2.26. The maximum absolute atomic E-state index is 3.67. The van der Waals surface area contributed by atoms with Crippen LogP contribution in [0.25, 0.3) is 0 Å². The van der Waals surface area contributed by atoms with Gasteiger partial charge in [0.05, 0.1) is 0 Å². The second kappa shape index (κ2) is 2.24. The Labute approximate surface area is 59.2 Å². The predicted molar refractivity (Wildman–Crippen MR) is 37.6 cm³/mol. The first-order valence-corrected chi connectivity index (χ1v) is 3.10. The molecule has 56 valence electrons. The van der Waals surface area contributed by atoms with Crippen LogP contribution in [0.15, 0.2) is 0 Å². The first-order valence-electron chi connectivity index (χ1n) is 3.10. The molecule has 0 spiro atoms. The molecule has 0 aliphatic heterocycles. The number of anilines is 1. The first kappa shape index (κ1) is 6.98. The summed E-state index contributed by atoms with van der Waals surface area (Å²) >= 11 is 0. The molecule has 1 rings (SSSR count). The predicted octanol–water partition coefficient (Wildman–Crippen LogP) is 0.410. The van der Waals surface area contributed by atoms with Crippen LogP contribution in [0.4, 0.5) is 5.95 Å². The molecule has 0 atom stereocenters. The summed E-state index contributed by atoms with van der Waals surface area (Å²) < 4.78 is 0. The van der Waals surface area contributed by atoms with Crippen molar-refractivity contribution in [1.82, 2.24) is 20.6 Å². The van der Waals surface area contributed by atoms with Crippen molar-refractivity contribution in [2.45, 2.75) is 26.3 Å². The van der Waals surface area contributed by atoms with E-state index in [9.17, 15) is 0 Å². The Balaban J connectivity index is 2.57. The van der Waals surface area contributed by atoms with Crippen molar-refractivity contribution in [2.75, 3.05) is 5.32 Å². The van der Waals surface area contributed by atoms with Crippen molar-refractivity contribution in [1.29, 1.82) is 0 Å². The summed E-state index contributed by atoms with van der Waals surface area (Å²) in [4.78, 5) is 0. The fourth-order valence-corrected chi connectivity index (χ4v) is 0.567. The molecule has 0 radical (unpaired) electrons. The minimum atomic E-state index is 0.00120. The lowest BCUT2D eigenvalue weighted by atomic mass is 10.1. The van der Waals surface area contributed by atoms with Gasteiger partial charge in [-0.2, -0.15) is 0 Å². The molecule has 0 amide bonds. The van der Waals surface area contributed by atoms with E-state index in [1.807, 2.05) is 20.8 Å². The lowest BCUT2D eigenvalue weighted by molar-refractivity contribution is 0.626. The van der Waals surface area contributed by atoms with Gasteiger partial charge in [0.1, 0.15) is 0 Å². The number of H-pyrrole nitrogens is 1. The average molecular weight is 141 g/mol. The van der Waals surface area contributed by atoms with E-state index in [-0.39, 0.29) is 5.54 Å². The second-order valence-electron chi connectivity index (χ2n) is 3.12. The molecule has 0 aromatic carbocycles. The van der Waals surface area contributed by atoms with Gasteiger partial charge in [0.25, 0.3) is 0 Å². The molecule has 5 nitrogen and oxygen atoms in total.